The monoisotopic (exact) mass is 558 g/mol. The van der Waals surface area contributed by atoms with Crippen molar-refractivity contribution in [1.82, 2.24) is 4.98 Å². The molecule has 4 nitrogen and oxygen atoms in total. The summed E-state index contributed by atoms with van der Waals surface area (Å²) in [5.74, 6) is 1.03. The lowest BCUT2D eigenvalue weighted by Crippen LogP contribution is -2.11. The van der Waals surface area contributed by atoms with Gasteiger partial charge in [-0.3, -0.25) is 4.99 Å². The zero-order valence-corrected chi connectivity index (χ0v) is 25.1. The minimum atomic E-state index is -0.0368. The first-order valence-corrected chi connectivity index (χ1v) is 14.7. The van der Waals surface area contributed by atoms with Crippen LogP contribution >= 0.6 is 11.3 Å². The van der Waals surface area contributed by atoms with Gasteiger partial charge < -0.3 is 9.52 Å². The van der Waals surface area contributed by atoms with Crippen LogP contribution in [0.5, 0.6) is 5.75 Å². The third kappa shape index (κ3) is 5.30. The predicted octanol–water partition coefficient (Wildman–Crippen LogP) is 10.4. The molecule has 0 radical (unpaired) electrons. The van der Waals surface area contributed by atoms with Gasteiger partial charge in [0.2, 0.25) is 0 Å². The van der Waals surface area contributed by atoms with Crippen molar-refractivity contribution >= 4 is 44.4 Å². The highest BCUT2D eigenvalue weighted by molar-refractivity contribution is 7.21. The van der Waals surface area contributed by atoms with Crippen LogP contribution in [0.25, 0.3) is 43.1 Å². The quantitative estimate of drug-likeness (QED) is 0.219. The molecule has 0 aliphatic carbocycles. The number of rotatable bonds is 4. The Bertz CT molecular complexity index is 1900. The SMILES string of the molecule is CC(C)(C)c1ccc(O)c(C=Nc2ccccc2-c2nc3c(-c4cc5ccccc5o4)cc(C(C)(C)C)cc3s2)c1. The lowest BCUT2D eigenvalue weighted by Gasteiger charge is -2.19. The Balaban J connectivity index is 1.48. The van der Waals surface area contributed by atoms with Crippen molar-refractivity contribution in [2.24, 2.45) is 4.99 Å². The van der Waals surface area contributed by atoms with E-state index in [-0.39, 0.29) is 16.6 Å². The third-order valence-corrected chi connectivity index (χ3v) is 8.46. The Morgan fingerprint density at radius 3 is 2.27 bits per heavy atom. The first kappa shape index (κ1) is 27.0. The number of nitrogens with zero attached hydrogens (tertiary/aromatic N) is 2. The van der Waals surface area contributed by atoms with Crippen molar-refractivity contribution in [1.29, 1.82) is 0 Å². The molecule has 0 amide bonds. The molecule has 5 heteroatoms. The highest BCUT2D eigenvalue weighted by atomic mass is 32.1. The Hall–Kier alpha value is -4.22. The summed E-state index contributed by atoms with van der Waals surface area (Å²) in [6.07, 6.45) is 1.74. The van der Waals surface area contributed by atoms with E-state index in [0.717, 1.165) is 54.3 Å². The van der Waals surface area contributed by atoms with Gasteiger partial charge in [-0.1, -0.05) is 77.9 Å². The van der Waals surface area contributed by atoms with Crippen LogP contribution in [0.1, 0.15) is 58.2 Å². The summed E-state index contributed by atoms with van der Waals surface area (Å²) in [5.41, 5.74) is 7.54. The van der Waals surface area contributed by atoms with Crippen molar-refractivity contribution in [2.75, 3.05) is 0 Å². The Morgan fingerprint density at radius 1 is 0.780 bits per heavy atom. The Labute approximate surface area is 245 Å². The number of fused-ring (bicyclic) bond motifs is 2. The first-order chi connectivity index (χ1) is 19.5. The molecule has 4 aromatic carbocycles. The van der Waals surface area contributed by atoms with Gasteiger partial charge >= 0.3 is 0 Å². The number of hydrogen-bond acceptors (Lipinski definition) is 5. The molecule has 0 aliphatic heterocycles. The summed E-state index contributed by atoms with van der Waals surface area (Å²) in [7, 11) is 0. The van der Waals surface area contributed by atoms with Crippen LogP contribution in [0.15, 0.2) is 94.3 Å². The maximum absolute atomic E-state index is 10.5. The minimum Gasteiger partial charge on any atom is -0.507 e. The molecule has 0 saturated heterocycles. The molecule has 1 N–H and O–H groups in total. The average Bonchev–Trinajstić information content (AvgIpc) is 3.55. The molecule has 0 bridgehead atoms. The molecule has 6 aromatic rings. The molecule has 206 valence electrons. The average molecular weight is 559 g/mol. The van der Waals surface area contributed by atoms with Crippen molar-refractivity contribution in [3.63, 3.8) is 0 Å². The molecule has 0 saturated carbocycles. The molecule has 2 aromatic heterocycles. The van der Waals surface area contributed by atoms with Crippen molar-refractivity contribution in [3.05, 3.63) is 102 Å². The maximum atomic E-state index is 10.5. The second kappa shape index (κ2) is 10.0. The Morgan fingerprint density at radius 2 is 1.51 bits per heavy atom. The first-order valence-electron chi connectivity index (χ1n) is 13.9. The maximum Gasteiger partial charge on any atom is 0.137 e. The molecule has 6 rings (SSSR count). The molecule has 0 spiro atoms. The van der Waals surface area contributed by atoms with Gasteiger partial charge in [0.1, 0.15) is 22.1 Å². The van der Waals surface area contributed by atoms with Gasteiger partial charge in [-0.15, -0.1) is 11.3 Å². The molecule has 2 heterocycles. The number of aromatic nitrogens is 1. The van der Waals surface area contributed by atoms with Gasteiger partial charge in [0.15, 0.2) is 0 Å². The topological polar surface area (TPSA) is 58.6 Å². The van der Waals surface area contributed by atoms with E-state index >= 15 is 0 Å². The number of hydrogen-bond donors (Lipinski definition) is 1. The lowest BCUT2D eigenvalue weighted by atomic mass is 9.85. The summed E-state index contributed by atoms with van der Waals surface area (Å²) < 4.78 is 7.43. The fourth-order valence-electron chi connectivity index (χ4n) is 4.91. The van der Waals surface area contributed by atoms with E-state index in [1.54, 1.807) is 23.6 Å². The van der Waals surface area contributed by atoms with E-state index in [4.69, 9.17) is 14.4 Å². The van der Waals surface area contributed by atoms with Gasteiger partial charge in [-0.2, -0.15) is 0 Å². The zero-order valence-electron chi connectivity index (χ0n) is 24.3. The smallest absolute Gasteiger partial charge is 0.137 e. The van der Waals surface area contributed by atoms with E-state index in [1.165, 1.54) is 5.56 Å². The van der Waals surface area contributed by atoms with Crippen LogP contribution in [-0.4, -0.2) is 16.3 Å². The summed E-state index contributed by atoms with van der Waals surface area (Å²) in [6, 6.07) is 28.4. The van der Waals surface area contributed by atoms with Crippen LogP contribution in [0, 0.1) is 0 Å². The normalized spacial score (nSPS) is 12.6. The number of phenolic OH excluding ortho intramolecular Hbond substituents is 1. The summed E-state index contributed by atoms with van der Waals surface area (Å²) in [6.45, 7) is 13.2. The Kier molecular flexibility index (Phi) is 6.58. The second-order valence-electron chi connectivity index (χ2n) is 12.6. The molecular weight excluding hydrogens is 524 g/mol. The van der Waals surface area contributed by atoms with Crippen molar-refractivity contribution in [2.45, 2.75) is 52.4 Å². The van der Waals surface area contributed by atoms with Gasteiger partial charge in [0.25, 0.3) is 0 Å². The van der Waals surface area contributed by atoms with Crippen LogP contribution < -0.4 is 0 Å². The van der Waals surface area contributed by atoms with Gasteiger partial charge in [-0.25, -0.2) is 4.98 Å². The summed E-state index contributed by atoms with van der Waals surface area (Å²) in [5, 5.41) is 12.5. The summed E-state index contributed by atoms with van der Waals surface area (Å²) in [4.78, 5) is 10.0. The van der Waals surface area contributed by atoms with E-state index in [9.17, 15) is 5.11 Å². The highest BCUT2D eigenvalue weighted by Crippen LogP contribution is 2.42. The van der Waals surface area contributed by atoms with Crippen LogP contribution in [0.3, 0.4) is 0 Å². The zero-order chi connectivity index (χ0) is 28.9. The number of phenols is 1. The van der Waals surface area contributed by atoms with Crippen LogP contribution in [-0.2, 0) is 10.8 Å². The lowest BCUT2D eigenvalue weighted by molar-refractivity contribution is 0.473. The molecule has 0 atom stereocenters. The fraction of sp³-hybridized carbons (Fsp3) is 0.222. The molecule has 0 aliphatic rings. The number of para-hydroxylation sites is 2. The fourth-order valence-corrected chi connectivity index (χ4v) is 5.98. The van der Waals surface area contributed by atoms with Crippen LogP contribution in [0.4, 0.5) is 5.69 Å². The molecular formula is C36H34N2O2S. The second-order valence-corrected chi connectivity index (χ2v) is 13.6. The highest BCUT2D eigenvalue weighted by Gasteiger charge is 2.22. The minimum absolute atomic E-state index is 0.0291. The van der Waals surface area contributed by atoms with Gasteiger partial charge in [0.05, 0.1) is 15.9 Å². The number of aliphatic imine (C=N–C) groups is 1. The van der Waals surface area contributed by atoms with E-state index < -0.39 is 0 Å². The number of furan rings is 1. The number of benzene rings is 4. The summed E-state index contributed by atoms with van der Waals surface area (Å²) >= 11 is 1.67. The van der Waals surface area contributed by atoms with E-state index in [0.29, 0.717) is 5.56 Å². The van der Waals surface area contributed by atoms with Crippen LogP contribution in [0.2, 0.25) is 0 Å². The molecule has 0 unspecified atom stereocenters. The van der Waals surface area contributed by atoms with Crippen molar-refractivity contribution < 1.29 is 9.52 Å². The standard InChI is InChI=1S/C36H34N2O2S/c1-35(2,3)24-15-16-29(39)23(17-24)21-37-28-13-9-8-12-26(28)34-38-33-27(19-25(36(4,5)6)20-32(33)41-34)31-18-22-11-7-10-14-30(22)40-31/h7-21,39H,1-6H3. The van der Waals surface area contributed by atoms with E-state index in [1.807, 2.05) is 48.5 Å². The van der Waals surface area contributed by atoms with Gasteiger partial charge in [0, 0.05) is 28.3 Å². The molecule has 41 heavy (non-hydrogen) atoms. The third-order valence-electron chi connectivity index (χ3n) is 7.42. The predicted molar refractivity (Wildman–Crippen MR) is 173 cm³/mol. The molecule has 0 fully saturated rings. The number of aromatic hydroxyl groups is 1. The number of thiazole rings is 1. The van der Waals surface area contributed by atoms with Crippen molar-refractivity contribution in [3.8, 4) is 27.6 Å². The largest absolute Gasteiger partial charge is 0.507 e. The van der Waals surface area contributed by atoms with E-state index in [2.05, 4.69) is 71.9 Å². The van der Waals surface area contributed by atoms with Gasteiger partial charge in [-0.05, 0) is 70.5 Å².